The highest BCUT2D eigenvalue weighted by atomic mass is 16.5. The van der Waals surface area contributed by atoms with Gasteiger partial charge in [0, 0.05) is 12.6 Å². The predicted octanol–water partition coefficient (Wildman–Crippen LogP) is 1.18. The van der Waals surface area contributed by atoms with E-state index in [2.05, 4.69) is 19.2 Å². The van der Waals surface area contributed by atoms with Crippen LogP contribution in [0.3, 0.4) is 0 Å². The Morgan fingerprint density at radius 3 is 2.19 bits per heavy atom. The fourth-order valence-corrected chi connectivity index (χ4v) is 1.18. The molecule has 0 aliphatic carbocycles. The van der Waals surface area contributed by atoms with Crippen molar-refractivity contribution < 1.29 is 14.6 Å². The Morgan fingerprint density at radius 1 is 1.12 bits per heavy atom. The van der Waals surface area contributed by atoms with Crippen LogP contribution in [0.15, 0.2) is 0 Å². The summed E-state index contributed by atoms with van der Waals surface area (Å²) in [6.07, 6.45) is 0.0521. The summed E-state index contributed by atoms with van der Waals surface area (Å²) in [5, 5.41) is 12.3. The number of hydrogen-bond acceptors (Lipinski definition) is 4. The molecule has 0 saturated heterocycles. The molecule has 0 amide bonds. The van der Waals surface area contributed by atoms with Gasteiger partial charge in [-0.2, -0.15) is 0 Å². The minimum absolute atomic E-state index is 0.00745. The summed E-state index contributed by atoms with van der Waals surface area (Å²) < 4.78 is 11.2. The van der Waals surface area contributed by atoms with Crippen LogP contribution in [0.1, 0.15) is 34.6 Å². The molecule has 0 aromatic rings. The normalized spacial score (nSPS) is 15.8. The third-order valence-corrected chi connectivity index (χ3v) is 2.05. The number of aliphatic hydroxyl groups is 1. The molecular weight excluding hydrogens is 206 g/mol. The molecule has 0 aliphatic heterocycles. The van der Waals surface area contributed by atoms with Crippen molar-refractivity contribution in [2.24, 2.45) is 0 Å². The highest BCUT2D eigenvalue weighted by Crippen LogP contribution is 2.01. The summed E-state index contributed by atoms with van der Waals surface area (Å²) in [5.74, 6) is 0. The molecule has 0 aromatic carbocycles. The molecule has 0 saturated carbocycles. The molecule has 0 heterocycles. The van der Waals surface area contributed by atoms with Gasteiger partial charge in [-0.05, 0) is 20.8 Å². The zero-order valence-corrected chi connectivity index (χ0v) is 11.2. The topological polar surface area (TPSA) is 50.7 Å². The molecule has 0 radical (unpaired) electrons. The summed E-state index contributed by atoms with van der Waals surface area (Å²) >= 11 is 0. The fourth-order valence-electron chi connectivity index (χ4n) is 1.18. The fraction of sp³-hybridized carbons (Fsp3) is 1.00. The van der Waals surface area contributed by atoms with E-state index in [0.717, 1.165) is 6.54 Å². The van der Waals surface area contributed by atoms with Crippen LogP contribution in [0.4, 0.5) is 0 Å². The summed E-state index contributed by atoms with van der Waals surface area (Å²) in [5.41, 5.74) is 0. The van der Waals surface area contributed by atoms with Crippen molar-refractivity contribution in [3.63, 3.8) is 0 Å². The van der Waals surface area contributed by atoms with E-state index in [1.54, 1.807) is 0 Å². The molecule has 0 aliphatic rings. The predicted molar refractivity (Wildman–Crippen MR) is 65.6 cm³/mol. The monoisotopic (exact) mass is 233 g/mol. The Kier molecular flexibility index (Phi) is 8.84. The van der Waals surface area contributed by atoms with Gasteiger partial charge in [0.1, 0.15) is 0 Å². The van der Waals surface area contributed by atoms with Gasteiger partial charge < -0.3 is 19.9 Å². The summed E-state index contributed by atoms with van der Waals surface area (Å²) in [6, 6.07) is 0.426. The van der Waals surface area contributed by atoms with E-state index < -0.39 is 0 Å². The number of aliphatic hydroxyl groups excluding tert-OH is 1. The van der Waals surface area contributed by atoms with Crippen LogP contribution in [0, 0.1) is 0 Å². The first-order chi connectivity index (χ1) is 7.45. The first-order valence-corrected chi connectivity index (χ1v) is 6.07. The van der Waals surface area contributed by atoms with Crippen molar-refractivity contribution in [2.45, 2.75) is 59.0 Å². The highest BCUT2D eigenvalue weighted by molar-refractivity contribution is 4.66. The van der Waals surface area contributed by atoms with Crippen molar-refractivity contribution in [1.82, 2.24) is 5.32 Å². The minimum atomic E-state index is -0.144. The Bertz CT molecular complexity index is 150. The number of rotatable bonds is 9. The van der Waals surface area contributed by atoms with Crippen molar-refractivity contribution in [3.8, 4) is 0 Å². The van der Waals surface area contributed by atoms with Gasteiger partial charge in [0.15, 0.2) is 0 Å². The van der Waals surface area contributed by atoms with Gasteiger partial charge in [-0.1, -0.05) is 13.8 Å². The van der Waals surface area contributed by atoms with Crippen LogP contribution in [0.5, 0.6) is 0 Å². The second-order valence-corrected chi connectivity index (χ2v) is 4.70. The largest absolute Gasteiger partial charge is 0.394 e. The average molecular weight is 233 g/mol. The van der Waals surface area contributed by atoms with Crippen molar-refractivity contribution >= 4 is 0 Å². The lowest BCUT2D eigenvalue weighted by Crippen LogP contribution is -2.39. The van der Waals surface area contributed by atoms with Gasteiger partial charge in [0.2, 0.25) is 0 Å². The third kappa shape index (κ3) is 9.09. The lowest BCUT2D eigenvalue weighted by molar-refractivity contribution is -0.0760. The maximum atomic E-state index is 8.95. The summed E-state index contributed by atoms with van der Waals surface area (Å²) in [4.78, 5) is 0. The van der Waals surface area contributed by atoms with E-state index >= 15 is 0 Å². The van der Waals surface area contributed by atoms with Gasteiger partial charge in [-0.15, -0.1) is 0 Å². The molecule has 4 nitrogen and oxygen atoms in total. The molecule has 2 N–H and O–H groups in total. The van der Waals surface area contributed by atoms with Crippen molar-refractivity contribution in [1.29, 1.82) is 0 Å². The number of hydrogen-bond donors (Lipinski definition) is 2. The van der Waals surface area contributed by atoms with E-state index in [9.17, 15) is 0 Å². The van der Waals surface area contributed by atoms with Crippen LogP contribution in [-0.4, -0.2) is 49.2 Å². The maximum Gasteiger partial charge on any atom is 0.0937 e. The Morgan fingerprint density at radius 2 is 1.75 bits per heavy atom. The van der Waals surface area contributed by atoms with E-state index in [4.69, 9.17) is 14.6 Å². The third-order valence-electron chi connectivity index (χ3n) is 2.05. The molecule has 98 valence electrons. The first-order valence-electron chi connectivity index (χ1n) is 6.07. The molecule has 16 heavy (non-hydrogen) atoms. The SMILES string of the molecule is CC(C)NC[C@@H](COC(C)C)O[C@@H](C)CO. The maximum absolute atomic E-state index is 8.95. The van der Waals surface area contributed by atoms with E-state index in [-0.39, 0.29) is 24.9 Å². The van der Waals surface area contributed by atoms with E-state index in [1.807, 2.05) is 20.8 Å². The van der Waals surface area contributed by atoms with Gasteiger partial charge in [-0.25, -0.2) is 0 Å². The smallest absolute Gasteiger partial charge is 0.0937 e. The van der Waals surface area contributed by atoms with Crippen LogP contribution < -0.4 is 5.32 Å². The number of ether oxygens (including phenoxy) is 2. The molecule has 0 unspecified atom stereocenters. The van der Waals surface area contributed by atoms with Gasteiger partial charge >= 0.3 is 0 Å². The molecule has 0 fully saturated rings. The molecule has 4 heteroatoms. The van der Waals surface area contributed by atoms with Crippen molar-refractivity contribution in [2.75, 3.05) is 19.8 Å². The zero-order valence-electron chi connectivity index (χ0n) is 11.2. The van der Waals surface area contributed by atoms with E-state index in [1.165, 1.54) is 0 Å². The van der Waals surface area contributed by atoms with Crippen molar-refractivity contribution in [3.05, 3.63) is 0 Å². The van der Waals surface area contributed by atoms with Gasteiger partial charge in [0.05, 0.1) is 31.5 Å². The summed E-state index contributed by atoms with van der Waals surface area (Å²) in [7, 11) is 0. The van der Waals surface area contributed by atoms with Crippen LogP contribution >= 0.6 is 0 Å². The Labute approximate surface area is 99.3 Å². The molecule has 2 atom stereocenters. The zero-order chi connectivity index (χ0) is 12.6. The molecule has 0 spiro atoms. The lowest BCUT2D eigenvalue weighted by atomic mass is 10.3. The molecule has 0 bridgehead atoms. The van der Waals surface area contributed by atoms with Gasteiger partial charge in [0.25, 0.3) is 0 Å². The lowest BCUT2D eigenvalue weighted by Gasteiger charge is -2.23. The van der Waals surface area contributed by atoms with Crippen LogP contribution in [0.2, 0.25) is 0 Å². The highest BCUT2D eigenvalue weighted by Gasteiger charge is 2.14. The second-order valence-electron chi connectivity index (χ2n) is 4.70. The molecular formula is C12H27NO3. The Balaban J connectivity index is 3.94. The minimum Gasteiger partial charge on any atom is -0.394 e. The van der Waals surface area contributed by atoms with Crippen LogP contribution in [0.25, 0.3) is 0 Å². The van der Waals surface area contributed by atoms with Crippen LogP contribution in [-0.2, 0) is 9.47 Å². The summed E-state index contributed by atoms with van der Waals surface area (Å²) in [6.45, 7) is 11.4. The standard InChI is InChI=1S/C12H27NO3/c1-9(2)13-6-12(8-15-10(3)4)16-11(5)7-14/h9-14H,6-8H2,1-5H3/t11-,12-/m0/s1. The molecule has 0 aromatic heterocycles. The number of nitrogens with one attached hydrogen (secondary N) is 1. The first kappa shape index (κ1) is 15.8. The average Bonchev–Trinajstić information content (AvgIpc) is 2.21. The molecule has 0 rings (SSSR count). The van der Waals surface area contributed by atoms with E-state index in [0.29, 0.717) is 12.6 Å². The second kappa shape index (κ2) is 8.93. The quantitative estimate of drug-likeness (QED) is 0.628. The van der Waals surface area contributed by atoms with Gasteiger partial charge in [-0.3, -0.25) is 0 Å². The Hall–Kier alpha value is -0.160.